The van der Waals surface area contributed by atoms with Crippen LogP contribution in [0.1, 0.15) is 18.9 Å². The highest BCUT2D eigenvalue weighted by Crippen LogP contribution is 2.25. The first kappa shape index (κ1) is 14.0. The van der Waals surface area contributed by atoms with E-state index < -0.39 is 0 Å². The molecule has 1 aromatic carbocycles. The third-order valence-electron chi connectivity index (χ3n) is 4.09. The molecule has 3 rings (SSSR count). The van der Waals surface area contributed by atoms with Crippen LogP contribution in [0.3, 0.4) is 0 Å². The number of nitrogens with one attached hydrogen (secondary N) is 1. The third-order valence-corrected chi connectivity index (χ3v) is 4.78. The van der Waals surface area contributed by atoms with Crippen molar-refractivity contribution < 1.29 is 4.74 Å². The van der Waals surface area contributed by atoms with E-state index >= 15 is 0 Å². The number of benzene rings is 1. The van der Waals surface area contributed by atoms with E-state index in [1.54, 1.807) is 0 Å². The molecule has 0 saturated carbocycles. The van der Waals surface area contributed by atoms with Gasteiger partial charge in [0.15, 0.2) is 0 Å². The molecule has 1 aromatic heterocycles. The maximum Gasteiger partial charge on any atom is 0.0758 e. The summed E-state index contributed by atoms with van der Waals surface area (Å²) in [4.78, 5) is 4.52. The average molecular weight is 335 g/mol. The van der Waals surface area contributed by atoms with E-state index in [4.69, 9.17) is 4.74 Å². The van der Waals surface area contributed by atoms with E-state index in [1.165, 1.54) is 10.9 Å². The molecule has 106 valence electrons. The molecule has 20 heavy (non-hydrogen) atoms. The Morgan fingerprint density at radius 1 is 1.45 bits per heavy atom. The van der Waals surface area contributed by atoms with E-state index in [1.807, 2.05) is 12.3 Å². The molecule has 0 unspecified atom stereocenters. The van der Waals surface area contributed by atoms with Crippen molar-refractivity contribution >= 4 is 26.8 Å². The van der Waals surface area contributed by atoms with Crippen LogP contribution in [-0.4, -0.2) is 24.2 Å². The van der Waals surface area contributed by atoms with Crippen LogP contribution >= 0.6 is 15.9 Å². The van der Waals surface area contributed by atoms with Crippen LogP contribution in [0.5, 0.6) is 0 Å². The second kappa shape index (κ2) is 6.20. The zero-order valence-corrected chi connectivity index (χ0v) is 13.2. The number of hydrogen-bond acceptors (Lipinski definition) is 3. The Hall–Kier alpha value is -0.970. The van der Waals surface area contributed by atoms with Gasteiger partial charge in [0.25, 0.3) is 0 Å². The first-order valence-electron chi connectivity index (χ1n) is 7.09. The Balaban J connectivity index is 1.76. The Morgan fingerprint density at radius 3 is 3.15 bits per heavy atom. The zero-order chi connectivity index (χ0) is 13.9. The lowest BCUT2D eigenvalue weighted by Crippen LogP contribution is -2.33. The van der Waals surface area contributed by atoms with Crippen LogP contribution in [-0.2, 0) is 11.3 Å². The lowest BCUT2D eigenvalue weighted by atomic mass is 10.0. The molecular weight excluding hydrogens is 316 g/mol. The number of hydrogen-bond donors (Lipinski definition) is 1. The van der Waals surface area contributed by atoms with Gasteiger partial charge in [-0.1, -0.05) is 28.1 Å². The van der Waals surface area contributed by atoms with E-state index in [0.717, 1.165) is 36.2 Å². The molecule has 1 fully saturated rings. The van der Waals surface area contributed by atoms with Crippen molar-refractivity contribution in [3.63, 3.8) is 0 Å². The first-order valence-corrected chi connectivity index (χ1v) is 7.88. The lowest BCUT2D eigenvalue weighted by molar-refractivity contribution is 0.178. The molecular formula is C16H19BrN2O. The van der Waals surface area contributed by atoms with Gasteiger partial charge in [0, 0.05) is 35.2 Å². The van der Waals surface area contributed by atoms with E-state index in [9.17, 15) is 0 Å². The van der Waals surface area contributed by atoms with Crippen LogP contribution in [0, 0.1) is 5.92 Å². The molecule has 1 saturated heterocycles. The Labute approximate surface area is 127 Å². The number of rotatable bonds is 4. The van der Waals surface area contributed by atoms with Gasteiger partial charge < -0.3 is 10.1 Å². The lowest BCUT2D eigenvalue weighted by Gasteiger charge is -2.19. The summed E-state index contributed by atoms with van der Waals surface area (Å²) < 4.78 is 6.56. The van der Waals surface area contributed by atoms with Gasteiger partial charge in [0.1, 0.15) is 0 Å². The highest BCUT2D eigenvalue weighted by atomic mass is 79.9. The number of ether oxygens (including phenoxy) is 1. The number of nitrogens with zero attached hydrogens (tertiary/aromatic N) is 1. The largest absolute Gasteiger partial charge is 0.381 e. The van der Waals surface area contributed by atoms with Gasteiger partial charge in [-0.25, -0.2) is 0 Å². The fraction of sp³-hybridized carbons (Fsp3) is 0.438. The Morgan fingerprint density at radius 2 is 2.35 bits per heavy atom. The second-order valence-electron chi connectivity index (χ2n) is 5.40. The highest BCUT2D eigenvalue weighted by molar-refractivity contribution is 9.10. The fourth-order valence-electron chi connectivity index (χ4n) is 2.72. The molecule has 2 heterocycles. The zero-order valence-electron chi connectivity index (χ0n) is 11.6. The minimum atomic E-state index is 0.472. The van der Waals surface area contributed by atoms with Crippen molar-refractivity contribution in [3.05, 3.63) is 40.5 Å². The van der Waals surface area contributed by atoms with E-state index in [0.29, 0.717) is 12.0 Å². The van der Waals surface area contributed by atoms with Crippen molar-refractivity contribution in [2.45, 2.75) is 25.9 Å². The number of pyridine rings is 1. The maximum atomic E-state index is 5.46. The standard InChI is InChI=1S/C16H19BrN2O/c1-11(13-6-8-20-10-13)19-9-12-4-5-15(17)14-3-2-7-18-16(12)14/h2-5,7,11,13,19H,6,8-10H2,1H3/t11-,13-/m1/s1. The van der Waals surface area contributed by atoms with E-state index in [2.05, 4.69) is 51.4 Å². The molecule has 4 heteroatoms. The minimum absolute atomic E-state index is 0.472. The van der Waals surface area contributed by atoms with Crippen LogP contribution in [0.4, 0.5) is 0 Å². The van der Waals surface area contributed by atoms with Gasteiger partial charge >= 0.3 is 0 Å². The van der Waals surface area contributed by atoms with E-state index in [-0.39, 0.29) is 0 Å². The maximum absolute atomic E-state index is 5.46. The van der Waals surface area contributed by atoms with Gasteiger partial charge in [-0.3, -0.25) is 4.98 Å². The normalized spacial score (nSPS) is 20.4. The summed E-state index contributed by atoms with van der Waals surface area (Å²) in [6.45, 7) is 4.87. The average Bonchev–Trinajstić information content (AvgIpc) is 3.01. The van der Waals surface area contributed by atoms with Gasteiger partial charge in [0.05, 0.1) is 12.1 Å². The van der Waals surface area contributed by atoms with Crippen molar-refractivity contribution in [1.29, 1.82) is 0 Å². The van der Waals surface area contributed by atoms with Crippen LogP contribution in [0.15, 0.2) is 34.9 Å². The smallest absolute Gasteiger partial charge is 0.0758 e. The Bertz CT molecular complexity index is 596. The highest BCUT2D eigenvalue weighted by Gasteiger charge is 2.21. The molecule has 0 radical (unpaired) electrons. The van der Waals surface area contributed by atoms with Crippen molar-refractivity contribution in [2.75, 3.05) is 13.2 Å². The third kappa shape index (κ3) is 2.87. The van der Waals surface area contributed by atoms with Gasteiger partial charge in [-0.2, -0.15) is 0 Å². The predicted octanol–water partition coefficient (Wildman–Crippen LogP) is 3.51. The second-order valence-corrected chi connectivity index (χ2v) is 6.25. The molecule has 3 nitrogen and oxygen atoms in total. The molecule has 0 spiro atoms. The van der Waals surface area contributed by atoms with Crippen molar-refractivity contribution in [2.24, 2.45) is 5.92 Å². The molecule has 2 aromatic rings. The predicted molar refractivity (Wildman–Crippen MR) is 84.7 cm³/mol. The summed E-state index contributed by atoms with van der Waals surface area (Å²) in [6.07, 6.45) is 3.01. The van der Waals surface area contributed by atoms with Gasteiger partial charge in [-0.05, 0) is 37.0 Å². The monoisotopic (exact) mass is 334 g/mol. The summed E-state index contributed by atoms with van der Waals surface area (Å²) in [5, 5.41) is 4.79. The molecule has 0 amide bonds. The fourth-order valence-corrected chi connectivity index (χ4v) is 3.18. The van der Waals surface area contributed by atoms with Crippen molar-refractivity contribution in [3.8, 4) is 0 Å². The molecule has 2 atom stereocenters. The van der Waals surface area contributed by atoms with Crippen molar-refractivity contribution in [1.82, 2.24) is 10.3 Å². The summed E-state index contributed by atoms with van der Waals surface area (Å²) >= 11 is 3.59. The quantitative estimate of drug-likeness (QED) is 0.928. The molecule has 1 N–H and O–H groups in total. The number of halogens is 1. The molecule has 0 bridgehead atoms. The number of aromatic nitrogens is 1. The summed E-state index contributed by atoms with van der Waals surface area (Å²) in [5.41, 5.74) is 2.32. The van der Waals surface area contributed by atoms with Crippen LogP contribution < -0.4 is 5.32 Å². The Kier molecular flexibility index (Phi) is 4.34. The molecule has 1 aliphatic heterocycles. The van der Waals surface area contributed by atoms with Gasteiger partial charge in [0.2, 0.25) is 0 Å². The number of fused-ring (bicyclic) bond motifs is 1. The van der Waals surface area contributed by atoms with Gasteiger partial charge in [-0.15, -0.1) is 0 Å². The minimum Gasteiger partial charge on any atom is -0.381 e. The molecule has 0 aliphatic carbocycles. The van der Waals surface area contributed by atoms with Crippen LogP contribution in [0.2, 0.25) is 0 Å². The topological polar surface area (TPSA) is 34.2 Å². The van der Waals surface area contributed by atoms with Crippen LogP contribution in [0.25, 0.3) is 10.9 Å². The first-order chi connectivity index (χ1) is 9.75. The summed E-state index contributed by atoms with van der Waals surface area (Å²) in [5.74, 6) is 0.629. The summed E-state index contributed by atoms with van der Waals surface area (Å²) in [7, 11) is 0. The molecule has 1 aliphatic rings. The summed E-state index contributed by atoms with van der Waals surface area (Å²) in [6, 6.07) is 8.79. The SMILES string of the molecule is C[C@@H](NCc1ccc(Br)c2cccnc12)[C@@H]1CCOC1.